The number of carbonyl (C=O) groups is 1. The monoisotopic (exact) mass is 402 g/mol. The van der Waals surface area contributed by atoms with Gasteiger partial charge < -0.3 is 9.47 Å². The lowest BCUT2D eigenvalue weighted by atomic mass is 10.2. The van der Waals surface area contributed by atoms with Crippen LogP contribution in [0.2, 0.25) is 0 Å². The van der Waals surface area contributed by atoms with Crippen molar-refractivity contribution in [1.82, 2.24) is 19.7 Å². The highest BCUT2D eigenvalue weighted by Gasteiger charge is 2.27. The molecule has 0 N–H and O–H groups in total. The molecule has 7 heteroatoms. The van der Waals surface area contributed by atoms with E-state index in [0.29, 0.717) is 17.1 Å². The molecule has 152 valence electrons. The summed E-state index contributed by atoms with van der Waals surface area (Å²) in [4.78, 5) is 21.6. The van der Waals surface area contributed by atoms with Crippen LogP contribution in [0.4, 0.5) is 4.79 Å². The Morgan fingerprint density at radius 2 is 1.70 bits per heavy atom. The van der Waals surface area contributed by atoms with E-state index in [-0.39, 0.29) is 5.88 Å². The molecule has 0 fully saturated rings. The molecule has 30 heavy (non-hydrogen) atoms. The fraction of sp³-hybridized carbons (Fsp3) is 0.217. The van der Waals surface area contributed by atoms with Crippen molar-refractivity contribution in [3.63, 3.8) is 0 Å². The zero-order valence-electron chi connectivity index (χ0n) is 17.3. The molecule has 0 saturated carbocycles. The molecule has 0 unspecified atom stereocenters. The van der Waals surface area contributed by atoms with Crippen LogP contribution < -0.4 is 4.74 Å². The van der Waals surface area contributed by atoms with E-state index in [2.05, 4.69) is 15.1 Å². The van der Waals surface area contributed by atoms with Crippen molar-refractivity contribution in [2.24, 2.45) is 0 Å². The summed E-state index contributed by atoms with van der Waals surface area (Å²) in [6.45, 7) is 7.17. The van der Waals surface area contributed by atoms with Crippen molar-refractivity contribution < 1.29 is 14.3 Å². The molecule has 4 aromatic rings. The largest absolute Gasteiger partial charge is 0.515 e. The molecule has 0 bridgehead atoms. The minimum absolute atomic E-state index is 0.211. The van der Waals surface area contributed by atoms with E-state index in [1.165, 1.54) is 0 Å². The summed E-state index contributed by atoms with van der Waals surface area (Å²) in [6.07, 6.45) is 0.926. The third-order valence-corrected chi connectivity index (χ3v) is 4.30. The molecular formula is C23H22N4O3. The van der Waals surface area contributed by atoms with Crippen molar-refractivity contribution in [2.75, 3.05) is 0 Å². The maximum absolute atomic E-state index is 12.5. The number of aromatic nitrogens is 4. The van der Waals surface area contributed by atoms with Crippen LogP contribution in [0.25, 0.3) is 28.0 Å². The van der Waals surface area contributed by atoms with Crippen molar-refractivity contribution in [2.45, 2.75) is 33.3 Å². The van der Waals surface area contributed by atoms with Crippen LogP contribution in [0.5, 0.6) is 5.88 Å². The second-order valence-electron chi connectivity index (χ2n) is 7.83. The second-order valence-corrected chi connectivity index (χ2v) is 7.83. The number of rotatable bonds is 3. The van der Waals surface area contributed by atoms with E-state index in [9.17, 15) is 4.79 Å². The summed E-state index contributed by atoms with van der Waals surface area (Å²) in [6, 6.07) is 17.1. The van der Waals surface area contributed by atoms with Gasteiger partial charge in [0, 0.05) is 11.6 Å². The number of fused-ring (bicyclic) bond motifs is 1. The van der Waals surface area contributed by atoms with E-state index in [4.69, 9.17) is 9.47 Å². The Morgan fingerprint density at radius 3 is 2.43 bits per heavy atom. The van der Waals surface area contributed by atoms with Gasteiger partial charge >= 0.3 is 6.16 Å². The number of nitrogens with zero attached hydrogens (tertiary/aromatic N) is 4. The van der Waals surface area contributed by atoms with E-state index in [1.807, 2.05) is 61.5 Å². The molecule has 0 aliphatic rings. The molecule has 0 atom stereocenters. The van der Waals surface area contributed by atoms with Gasteiger partial charge in [-0.1, -0.05) is 36.4 Å². The van der Waals surface area contributed by atoms with Crippen LogP contribution in [0.3, 0.4) is 0 Å². The number of hydrogen-bond donors (Lipinski definition) is 0. The summed E-state index contributed by atoms with van der Waals surface area (Å²) in [5, 5.41) is 5.51. The fourth-order valence-electron chi connectivity index (χ4n) is 3.04. The topological polar surface area (TPSA) is 79.1 Å². The lowest BCUT2D eigenvalue weighted by Gasteiger charge is -2.19. The third-order valence-electron chi connectivity index (χ3n) is 4.30. The van der Waals surface area contributed by atoms with Gasteiger partial charge in [0.2, 0.25) is 5.88 Å². The Balaban J connectivity index is 1.86. The summed E-state index contributed by atoms with van der Waals surface area (Å²) in [7, 11) is 0. The van der Waals surface area contributed by atoms with Crippen molar-refractivity contribution in [1.29, 1.82) is 0 Å². The first kappa shape index (κ1) is 19.6. The van der Waals surface area contributed by atoms with Crippen LogP contribution in [-0.4, -0.2) is 31.5 Å². The Morgan fingerprint density at radius 1 is 1.00 bits per heavy atom. The minimum Gasteiger partial charge on any atom is -0.428 e. The van der Waals surface area contributed by atoms with Crippen LogP contribution in [-0.2, 0) is 4.74 Å². The molecule has 0 aliphatic heterocycles. The zero-order valence-corrected chi connectivity index (χ0v) is 17.3. The quantitative estimate of drug-likeness (QED) is 0.443. The average molecular weight is 402 g/mol. The van der Waals surface area contributed by atoms with Crippen LogP contribution >= 0.6 is 0 Å². The number of benzene rings is 2. The van der Waals surface area contributed by atoms with Gasteiger partial charge in [-0.25, -0.2) is 14.8 Å². The normalized spacial score (nSPS) is 11.5. The standard InChI is InChI=1S/C23H22N4O3/c1-15-19(20-24-14-16-10-8-9-13-18(16)25-20)21(29-22(28)30-23(2,3)4)27(26-15)17-11-6-5-7-12-17/h5-14H,1-4H3. The van der Waals surface area contributed by atoms with Crippen molar-refractivity contribution >= 4 is 17.1 Å². The molecule has 0 spiro atoms. The number of ether oxygens (including phenoxy) is 2. The lowest BCUT2D eigenvalue weighted by molar-refractivity contribution is 0.0193. The molecule has 4 rings (SSSR count). The van der Waals surface area contributed by atoms with Crippen LogP contribution in [0.15, 0.2) is 60.8 Å². The molecule has 0 radical (unpaired) electrons. The van der Waals surface area contributed by atoms with Crippen molar-refractivity contribution in [3.8, 4) is 23.0 Å². The predicted molar refractivity (Wildman–Crippen MR) is 114 cm³/mol. The second kappa shape index (κ2) is 7.59. The number of para-hydroxylation sites is 2. The fourth-order valence-corrected chi connectivity index (χ4v) is 3.04. The maximum Gasteiger partial charge on any atom is 0.515 e. The van der Waals surface area contributed by atoms with Crippen LogP contribution in [0, 0.1) is 6.92 Å². The Kier molecular flexibility index (Phi) is 4.95. The maximum atomic E-state index is 12.5. The molecule has 2 aromatic heterocycles. The van der Waals surface area contributed by atoms with Gasteiger partial charge in [0.25, 0.3) is 0 Å². The highest BCUT2D eigenvalue weighted by molar-refractivity contribution is 5.81. The zero-order chi connectivity index (χ0) is 21.3. The van der Waals surface area contributed by atoms with E-state index < -0.39 is 11.8 Å². The predicted octanol–water partition coefficient (Wildman–Crippen LogP) is 5.10. The van der Waals surface area contributed by atoms with E-state index in [0.717, 1.165) is 16.6 Å². The molecule has 2 aromatic carbocycles. The molecule has 7 nitrogen and oxygen atoms in total. The first-order valence-electron chi connectivity index (χ1n) is 9.60. The highest BCUT2D eigenvalue weighted by Crippen LogP contribution is 2.34. The van der Waals surface area contributed by atoms with Crippen LogP contribution in [0.1, 0.15) is 26.5 Å². The molecule has 0 amide bonds. The molecule has 0 aliphatic carbocycles. The lowest BCUT2D eigenvalue weighted by Crippen LogP contribution is -2.26. The Labute approximate surface area is 174 Å². The highest BCUT2D eigenvalue weighted by atomic mass is 16.7. The van der Waals surface area contributed by atoms with Gasteiger partial charge in [-0.2, -0.15) is 9.78 Å². The molecular weight excluding hydrogens is 380 g/mol. The van der Waals surface area contributed by atoms with E-state index in [1.54, 1.807) is 31.6 Å². The summed E-state index contributed by atoms with van der Waals surface area (Å²) >= 11 is 0. The van der Waals surface area contributed by atoms with E-state index >= 15 is 0 Å². The van der Waals surface area contributed by atoms with Gasteiger partial charge in [0.05, 0.1) is 16.9 Å². The average Bonchev–Trinajstić information content (AvgIpc) is 3.02. The first-order valence-corrected chi connectivity index (χ1v) is 9.60. The smallest absolute Gasteiger partial charge is 0.428 e. The summed E-state index contributed by atoms with van der Waals surface area (Å²) in [5.74, 6) is 0.634. The van der Waals surface area contributed by atoms with Gasteiger partial charge in [-0.15, -0.1) is 0 Å². The minimum atomic E-state index is -0.818. The first-order chi connectivity index (χ1) is 14.3. The van der Waals surface area contributed by atoms with Gasteiger partial charge in [-0.05, 0) is 45.9 Å². The van der Waals surface area contributed by atoms with Crippen molar-refractivity contribution in [3.05, 3.63) is 66.5 Å². The summed E-state index contributed by atoms with van der Waals surface area (Å²) < 4.78 is 12.6. The third kappa shape index (κ3) is 4.00. The molecule has 0 saturated heterocycles. The Bertz CT molecular complexity index is 1210. The SMILES string of the molecule is Cc1nn(-c2ccccc2)c(OC(=O)OC(C)(C)C)c1-c1ncc2ccccc2n1. The van der Waals surface area contributed by atoms with Gasteiger partial charge in [0.1, 0.15) is 11.2 Å². The molecule has 2 heterocycles. The summed E-state index contributed by atoms with van der Waals surface area (Å²) in [5.41, 5.74) is 2.01. The van der Waals surface area contributed by atoms with Gasteiger partial charge in [-0.3, -0.25) is 0 Å². The van der Waals surface area contributed by atoms with Gasteiger partial charge in [0.15, 0.2) is 5.82 Å². The number of hydrogen-bond acceptors (Lipinski definition) is 6. The number of carbonyl (C=O) groups excluding carboxylic acids is 1. The number of aryl methyl sites for hydroxylation is 1. The Hall–Kier alpha value is -3.74.